The van der Waals surface area contributed by atoms with Crippen LogP contribution in [0.5, 0.6) is 0 Å². The summed E-state index contributed by atoms with van der Waals surface area (Å²) >= 11 is 5.85. The van der Waals surface area contributed by atoms with Gasteiger partial charge >= 0.3 is 0 Å². The first-order valence-corrected chi connectivity index (χ1v) is 6.67. The molecule has 1 rings (SSSR count). The molecule has 1 aliphatic rings. The zero-order valence-corrected chi connectivity index (χ0v) is 11.2. The lowest BCUT2D eigenvalue weighted by molar-refractivity contribution is 0.0226. The van der Waals surface area contributed by atoms with Gasteiger partial charge in [-0.1, -0.05) is 0 Å². The summed E-state index contributed by atoms with van der Waals surface area (Å²) in [7, 11) is 3.56. The molecule has 1 aliphatic carbocycles. The van der Waals surface area contributed by atoms with E-state index >= 15 is 0 Å². The van der Waals surface area contributed by atoms with Gasteiger partial charge in [0, 0.05) is 39.2 Å². The van der Waals surface area contributed by atoms with Gasteiger partial charge in [0.15, 0.2) is 0 Å². The van der Waals surface area contributed by atoms with Crippen molar-refractivity contribution in [2.45, 2.75) is 37.8 Å². The monoisotopic (exact) mass is 249 g/mol. The zero-order valence-electron chi connectivity index (χ0n) is 10.5. The fourth-order valence-electron chi connectivity index (χ4n) is 2.46. The number of hydrogen-bond donors (Lipinski definition) is 0. The Morgan fingerprint density at radius 2 is 2.06 bits per heavy atom. The Kier molecular flexibility index (Phi) is 7.37. The minimum Gasteiger partial charge on any atom is -0.383 e. The van der Waals surface area contributed by atoms with Crippen LogP contribution in [0.25, 0.3) is 0 Å². The molecule has 0 amide bonds. The second-order valence-electron chi connectivity index (χ2n) is 4.40. The summed E-state index contributed by atoms with van der Waals surface area (Å²) in [6.45, 7) is 2.71. The largest absolute Gasteiger partial charge is 0.383 e. The highest BCUT2D eigenvalue weighted by Crippen LogP contribution is 2.24. The predicted molar refractivity (Wildman–Crippen MR) is 67.2 cm³/mol. The van der Waals surface area contributed by atoms with Gasteiger partial charge in [-0.3, -0.25) is 4.90 Å². The Morgan fingerprint density at radius 1 is 1.25 bits per heavy atom. The van der Waals surface area contributed by atoms with Crippen molar-refractivity contribution in [2.24, 2.45) is 0 Å². The molecule has 0 N–H and O–H groups in total. The van der Waals surface area contributed by atoms with E-state index in [9.17, 15) is 0 Å². The van der Waals surface area contributed by atoms with Gasteiger partial charge in [-0.05, 0) is 25.7 Å². The summed E-state index contributed by atoms with van der Waals surface area (Å²) in [6.07, 6.45) is 5.29. The van der Waals surface area contributed by atoms with Crippen molar-refractivity contribution >= 4 is 11.6 Å². The molecule has 2 unspecified atom stereocenters. The summed E-state index contributed by atoms with van der Waals surface area (Å²) in [5, 5.41) is 0. The van der Waals surface area contributed by atoms with Gasteiger partial charge in [0.2, 0.25) is 0 Å². The van der Waals surface area contributed by atoms with Crippen LogP contribution in [0.3, 0.4) is 0 Å². The number of halogens is 1. The lowest BCUT2D eigenvalue weighted by atomic mass is 9.91. The van der Waals surface area contributed by atoms with Gasteiger partial charge in [0.1, 0.15) is 0 Å². The highest BCUT2D eigenvalue weighted by molar-refractivity contribution is 6.18. The summed E-state index contributed by atoms with van der Waals surface area (Å²) in [5.41, 5.74) is 0. The minimum atomic E-state index is 0.430. The molecule has 96 valence electrons. The second kappa shape index (κ2) is 8.29. The first kappa shape index (κ1) is 14.2. The van der Waals surface area contributed by atoms with E-state index < -0.39 is 0 Å². The second-order valence-corrected chi connectivity index (χ2v) is 4.77. The predicted octanol–water partition coefficient (Wildman–Crippen LogP) is 2.13. The van der Waals surface area contributed by atoms with Gasteiger partial charge in [-0.2, -0.15) is 0 Å². The molecule has 0 aromatic heterocycles. The van der Waals surface area contributed by atoms with Crippen LogP contribution >= 0.6 is 11.6 Å². The van der Waals surface area contributed by atoms with Crippen LogP contribution < -0.4 is 0 Å². The molecule has 0 aliphatic heterocycles. The molecule has 0 aromatic rings. The van der Waals surface area contributed by atoms with Gasteiger partial charge in [-0.25, -0.2) is 0 Å². The van der Waals surface area contributed by atoms with E-state index in [1.54, 1.807) is 7.11 Å². The number of rotatable bonds is 7. The van der Waals surface area contributed by atoms with Gasteiger partial charge in [-0.15, -0.1) is 11.6 Å². The molecule has 1 fully saturated rings. The summed E-state index contributed by atoms with van der Waals surface area (Å²) in [6, 6.07) is 0.618. The van der Waals surface area contributed by atoms with Crippen molar-refractivity contribution in [1.82, 2.24) is 4.90 Å². The molecule has 3 nitrogen and oxygen atoms in total. The normalized spacial score (nSPS) is 26.2. The molecule has 0 heterocycles. The number of ether oxygens (including phenoxy) is 2. The van der Waals surface area contributed by atoms with Crippen molar-refractivity contribution in [3.05, 3.63) is 0 Å². The van der Waals surface area contributed by atoms with Gasteiger partial charge in [0.25, 0.3) is 0 Å². The van der Waals surface area contributed by atoms with Crippen LogP contribution in [0.2, 0.25) is 0 Å². The van der Waals surface area contributed by atoms with Crippen LogP contribution in [0.15, 0.2) is 0 Å². The Hall–Kier alpha value is 0.170. The third kappa shape index (κ3) is 4.58. The number of methoxy groups -OCH3 is 2. The van der Waals surface area contributed by atoms with E-state index in [4.69, 9.17) is 21.1 Å². The molecule has 2 atom stereocenters. The Bertz CT molecular complexity index is 178. The van der Waals surface area contributed by atoms with Crippen LogP contribution in [0.4, 0.5) is 0 Å². The Balaban J connectivity index is 2.41. The van der Waals surface area contributed by atoms with E-state index in [0.717, 1.165) is 26.1 Å². The van der Waals surface area contributed by atoms with Crippen LogP contribution in [0, 0.1) is 0 Å². The van der Waals surface area contributed by atoms with Crippen LogP contribution in [0.1, 0.15) is 25.7 Å². The molecule has 16 heavy (non-hydrogen) atoms. The fraction of sp³-hybridized carbons (Fsp3) is 1.00. The van der Waals surface area contributed by atoms with E-state index in [-0.39, 0.29) is 0 Å². The zero-order chi connectivity index (χ0) is 11.8. The van der Waals surface area contributed by atoms with E-state index in [0.29, 0.717) is 18.0 Å². The molecular weight excluding hydrogens is 226 g/mol. The topological polar surface area (TPSA) is 21.7 Å². The molecule has 0 aromatic carbocycles. The molecular formula is C12H24ClNO2. The summed E-state index contributed by atoms with van der Waals surface area (Å²) in [5.74, 6) is 0.692. The molecule has 0 spiro atoms. The smallest absolute Gasteiger partial charge is 0.0589 e. The maximum absolute atomic E-state index is 5.85. The number of nitrogens with zero attached hydrogens (tertiary/aromatic N) is 1. The quantitative estimate of drug-likeness (QED) is 0.646. The highest BCUT2D eigenvalue weighted by Gasteiger charge is 2.26. The average molecular weight is 250 g/mol. The van der Waals surface area contributed by atoms with E-state index in [1.165, 1.54) is 19.3 Å². The van der Waals surface area contributed by atoms with Crippen LogP contribution in [-0.4, -0.2) is 56.8 Å². The Labute approximate surface area is 104 Å². The Morgan fingerprint density at radius 3 is 2.69 bits per heavy atom. The van der Waals surface area contributed by atoms with Crippen molar-refractivity contribution in [1.29, 1.82) is 0 Å². The standard InChI is InChI=1S/C12H24ClNO2/c1-15-9-8-14(7-6-13)11-4-3-5-12(10-11)16-2/h11-12H,3-10H2,1-2H3. The van der Waals surface area contributed by atoms with Crippen molar-refractivity contribution < 1.29 is 9.47 Å². The average Bonchev–Trinajstić information content (AvgIpc) is 2.34. The van der Waals surface area contributed by atoms with E-state index in [1.807, 2.05) is 7.11 Å². The highest BCUT2D eigenvalue weighted by atomic mass is 35.5. The fourth-order valence-corrected chi connectivity index (χ4v) is 2.68. The SMILES string of the molecule is COCCN(CCCl)C1CCCC(OC)C1. The third-order valence-electron chi connectivity index (χ3n) is 3.40. The summed E-state index contributed by atoms with van der Waals surface area (Å²) in [4.78, 5) is 2.45. The van der Waals surface area contributed by atoms with Gasteiger partial charge < -0.3 is 9.47 Å². The maximum atomic E-state index is 5.85. The first-order valence-electron chi connectivity index (χ1n) is 6.13. The van der Waals surface area contributed by atoms with E-state index in [2.05, 4.69) is 4.90 Å². The molecule has 1 saturated carbocycles. The third-order valence-corrected chi connectivity index (χ3v) is 3.57. The molecule has 0 bridgehead atoms. The van der Waals surface area contributed by atoms with Crippen molar-refractivity contribution in [3.8, 4) is 0 Å². The minimum absolute atomic E-state index is 0.430. The van der Waals surface area contributed by atoms with Gasteiger partial charge in [0.05, 0.1) is 12.7 Å². The first-order chi connectivity index (χ1) is 7.81. The van der Waals surface area contributed by atoms with Crippen molar-refractivity contribution in [2.75, 3.05) is 39.8 Å². The number of hydrogen-bond acceptors (Lipinski definition) is 3. The molecule has 4 heteroatoms. The molecule has 0 radical (unpaired) electrons. The lowest BCUT2D eigenvalue weighted by Gasteiger charge is -2.36. The summed E-state index contributed by atoms with van der Waals surface area (Å²) < 4.78 is 10.6. The number of alkyl halides is 1. The van der Waals surface area contributed by atoms with Crippen molar-refractivity contribution in [3.63, 3.8) is 0 Å². The maximum Gasteiger partial charge on any atom is 0.0589 e. The van der Waals surface area contributed by atoms with Crippen LogP contribution in [-0.2, 0) is 9.47 Å². The molecule has 0 saturated heterocycles. The lowest BCUT2D eigenvalue weighted by Crippen LogP contribution is -2.43.